The third-order valence-electron chi connectivity index (χ3n) is 2.98. The van der Waals surface area contributed by atoms with Gasteiger partial charge in [-0.05, 0) is 24.3 Å². The van der Waals surface area contributed by atoms with E-state index in [4.69, 9.17) is 10.2 Å². The zero-order valence-corrected chi connectivity index (χ0v) is 9.97. The number of fused-ring (bicyclic) bond motifs is 1. The molecule has 1 aromatic heterocycles. The van der Waals surface area contributed by atoms with E-state index < -0.39 is 11.6 Å². The lowest BCUT2D eigenvalue weighted by Crippen LogP contribution is -2.15. The first-order valence-electron chi connectivity index (χ1n) is 5.77. The van der Waals surface area contributed by atoms with E-state index in [0.29, 0.717) is 22.4 Å². The Bertz CT molecular complexity index is 805. The zero-order valence-electron chi connectivity index (χ0n) is 9.97. The van der Waals surface area contributed by atoms with Gasteiger partial charge < -0.3 is 10.2 Å². The molecule has 0 aliphatic rings. The average molecular weight is 258 g/mol. The molecule has 0 saturated carbocycles. The van der Waals surface area contributed by atoms with Crippen LogP contribution < -0.4 is 11.5 Å². The van der Waals surface area contributed by atoms with Crippen molar-refractivity contribution in [3.8, 4) is 0 Å². The number of nitrogens with zero attached hydrogens (tertiary/aromatic N) is 1. The van der Waals surface area contributed by atoms with Crippen molar-refractivity contribution in [1.82, 2.24) is 4.57 Å². The van der Waals surface area contributed by atoms with E-state index in [1.807, 2.05) is 0 Å². The van der Waals surface area contributed by atoms with Crippen LogP contribution in [0.25, 0.3) is 11.1 Å². The van der Waals surface area contributed by atoms with E-state index in [0.717, 1.165) is 0 Å². The molecule has 0 unspecified atom stereocenters. The second-order valence-corrected chi connectivity index (χ2v) is 4.27. The molecule has 0 bridgehead atoms. The summed E-state index contributed by atoms with van der Waals surface area (Å²) < 4.78 is 20.2. The maximum atomic E-state index is 13.7. The number of para-hydroxylation sites is 2. The molecular weight excluding hydrogens is 247 g/mol. The van der Waals surface area contributed by atoms with Gasteiger partial charge in [-0.1, -0.05) is 18.2 Å². The van der Waals surface area contributed by atoms with Crippen LogP contribution in [0.1, 0.15) is 5.56 Å². The molecule has 0 spiro atoms. The Balaban J connectivity index is 2.10. The number of aromatic nitrogens is 1. The van der Waals surface area contributed by atoms with Gasteiger partial charge in [0.25, 0.3) is 0 Å². The Morgan fingerprint density at radius 3 is 2.79 bits per heavy atom. The van der Waals surface area contributed by atoms with E-state index in [2.05, 4.69) is 0 Å². The van der Waals surface area contributed by atoms with Gasteiger partial charge in [0, 0.05) is 11.3 Å². The SMILES string of the molecule is Nc1ccc(Cn2c(=O)oc3ccccc32)c(F)c1. The van der Waals surface area contributed by atoms with Crippen LogP contribution >= 0.6 is 0 Å². The molecule has 2 N–H and O–H groups in total. The first-order valence-corrected chi connectivity index (χ1v) is 5.77. The number of benzene rings is 2. The lowest BCUT2D eigenvalue weighted by Gasteiger charge is -2.05. The maximum Gasteiger partial charge on any atom is 0.420 e. The Morgan fingerprint density at radius 1 is 1.21 bits per heavy atom. The highest BCUT2D eigenvalue weighted by Gasteiger charge is 2.11. The molecule has 3 rings (SSSR count). The fourth-order valence-electron chi connectivity index (χ4n) is 2.03. The van der Waals surface area contributed by atoms with Crippen molar-refractivity contribution < 1.29 is 8.81 Å². The minimum atomic E-state index is -0.502. The summed E-state index contributed by atoms with van der Waals surface area (Å²) in [6, 6.07) is 11.4. The van der Waals surface area contributed by atoms with E-state index >= 15 is 0 Å². The smallest absolute Gasteiger partial charge is 0.408 e. The predicted molar refractivity (Wildman–Crippen MR) is 70.4 cm³/mol. The number of anilines is 1. The lowest BCUT2D eigenvalue weighted by atomic mass is 10.2. The molecule has 96 valence electrons. The van der Waals surface area contributed by atoms with E-state index in [1.54, 1.807) is 36.4 Å². The molecule has 0 aliphatic carbocycles. The van der Waals surface area contributed by atoms with Gasteiger partial charge in [0.05, 0.1) is 12.1 Å². The minimum Gasteiger partial charge on any atom is -0.408 e. The number of rotatable bonds is 2. The molecule has 1 heterocycles. The second kappa shape index (κ2) is 4.28. The number of oxazole rings is 1. The molecule has 4 nitrogen and oxygen atoms in total. The monoisotopic (exact) mass is 258 g/mol. The van der Waals surface area contributed by atoms with Gasteiger partial charge in [-0.25, -0.2) is 9.18 Å². The van der Waals surface area contributed by atoms with Crippen molar-refractivity contribution in [2.45, 2.75) is 6.54 Å². The summed E-state index contributed by atoms with van der Waals surface area (Å²) in [5, 5.41) is 0. The highest BCUT2D eigenvalue weighted by molar-refractivity contribution is 5.72. The molecule has 0 radical (unpaired) electrons. The zero-order chi connectivity index (χ0) is 13.4. The molecule has 19 heavy (non-hydrogen) atoms. The summed E-state index contributed by atoms with van der Waals surface area (Å²) in [4.78, 5) is 11.8. The largest absolute Gasteiger partial charge is 0.420 e. The predicted octanol–water partition coefficient (Wildman–Crippen LogP) is 2.36. The summed E-state index contributed by atoms with van der Waals surface area (Å²) in [5.74, 6) is -0.936. The molecule has 3 aromatic rings. The van der Waals surface area contributed by atoms with Gasteiger partial charge in [-0.3, -0.25) is 4.57 Å². The Kier molecular flexibility index (Phi) is 2.59. The first-order chi connectivity index (χ1) is 9.15. The van der Waals surface area contributed by atoms with Crippen LogP contribution in [0.3, 0.4) is 0 Å². The van der Waals surface area contributed by atoms with Crippen LogP contribution in [0, 0.1) is 5.82 Å². The summed E-state index contributed by atoms with van der Waals surface area (Å²) in [6.45, 7) is 0.113. The number of halogens is 1. The topological polar surface area (TPSA) is 61.2 Å². The van der Waals surface area contributed by atoms with Crippen molar-refractivity contribution in [2.75, 3.05) is 5.73 Å². The highest BCUT2D eigenvalue weighted by Crippen LogP contribution is 2.16. The molecule has 0 aliphatic heterocycles. The first kappa shape index (κ1) is 11.5. The number of hydrogen-bond donors (Lipinski definition) is 1. The average Bonchev–Trinajstić information content (AvgIpc) is 2.69. The molecule has 0 saturated heterocycles. The molecule has 5 heteroatoms. The summed E-state index contributed by atoms with van der Waals surface area (Å²) in [7, 11) is 0. The number of nitrogen functional groups attached to an aromatic ring is 1. The molecular formula is C14H11FN2O2. The van der Waals surface area contributed by atoms with Crippen LogP contribution in [0.5, 0.6) is 0 Å². The van der Waals surface area contributed by atoms with Crippen LogP contribution in [-0.4, -0.2) is 4.57 Å². The summed E-state index contributed by atoms with van der Waals surface area (Å²) in [6.07, 6.45) is 0. The van der Waals surface area contributed by atoms with Gasteiger partial charge in [0.15, 0.2) is 5.58 Å². The Hall–Kier alpha value is -2.56. The van der Waals surface area contributed by atoms with Crippen LogP contribution in [-0.2, 0) is 6.54 Å². The fraction of sp³-hybridized carbons (Fsp3) is 0.0714. The van der Waals surface area contributed by atoms with Gasteiger partial charge in [-0.15, -0.1) is 0 Å². The van der Waals surface area contributed by atoms with E-state index in [1.165, 1.54) is 10.6 Å². The minimum absolute atomic E-state index is 0.113. The number of hydrogen-bond acceptors (Lipinski definition) is 3. The quantitative estimate of drug-likeness (QED) is 0.718. The maximum absolute atomic E-state index is 13.7. The molecule has 0 fully saturated rings. The van der Waals surface area contributed by atoms with Crippen molar-refractivity contribution in [3.63, 3.8) is 0 Å². The van der Waals surface area contributed by atoms with Gasteiger partial charge in [0.1, 0.15) is 5.82 Å². The van der Waals surface area contributed by atoms with Gasteiger partial charge >= 0.3 is 5.76 Å². The van der Waals surface area contributed by atoms with Crippen LogP contribution in [0.4, 0.5) is 10.1 Å². The van der Waals surface area contributed by atoms with Crippen molar-refractivity contribution >= 4 is 16.8 Å². The van der Waals surface area contributed by atoms with Crippen LogP contribution in [0.15, 0.2) is 51.7 Å². The van der Waals surface area contributed by atoms with E-state index in [9.17, 15) is 9.18 Å². The molecule has 2 aromatic carbocycles. The normalized spacial score (nSPS) is 11.0. The molecule has 0 amide bonds. The van der Waals surface area contributed by atoms with Gasteiger partial charge in [-0.2, -0.15) is 0 Å². The standard InChI is InChI=1S/C14H11FN2O2/c15-11-7-10(16)6-5-9(11)8-17-12-3-1-2-4-13(12)19-14(17)18/h1-7H,8,16H2. The Morgan fingerprint density at radius 2 is 2.00 bits per heavy atom. The third kappa shape index (κ3) is 1.99. The molecule has 0 atom stereocenters. The van der Waals surface area contributed by atoms with Crippen molar-refractivity contribution in [2.24, 2.45) is 0 Å². The Labute approximate surface area is 107 Å². The summed E-state index contributed by atoms with van der Waals surface area (Å²) in [5.41, 5.74) is 7.37. The summed E-state index contributed by atoms with van der Waals surface area (Å²) >= 11 is 0. The van der Waals surface area contributed by atoms with Crippen molar-refractivity contribution in [3.05, 3.63) is 64.4 Å². The van der Waals surface area contributed by atoms with Gasteiger partial charge in [0.2, 0.25) is 0 Å². The highest BCUT2D eigenvalue weighted by atomic mass is 19.1. The van der Waals surface area contributed by atoms with Crippen molar-refractivity contribution in [1.29, 1.82) is 0 Å². The third-order valence-corrected chi connectivity index (χ3v) is 2.98. The number of nitrogens with two attached hydrogens (primary N) is 1. The second-order valence-electron chi connectivity index (χ2n) is 4.27. The fourth-order valence-corrected chi connectivity index (χ4v) is 2.03. The lowest BCUT2D eigenvalue weighted by molar-refractivity contribution is 0.512. The van der Waals surface area contributed by atoms with E-state index in [-0.39, 0.29) is 6.54 Å². The van der Waals surface area contributed by atoms with Crippen LogP contribution in [0.2, 0.25) is 0 Å².